The Labute approximate surface area is 147 Å². The molecule has 0 unspecified atom stereocenters. The Morgan fingerprint density at radius 3 is 2.12 bits per heavy atom. The number of carbonyl (C=O) groups excluding carboxylic acids is 2. The molecule has 0 heterocycles. The number of hydrogen-bond acceptors (Lipinski definition) is 3. The van der Waals surface area contributed by atoms with Gasteiger partial charge in [-0.25, -0.2) is 0 Å². The van der Waals surface area contributed by atoms with Crippen molar-refractivity contribution in [1.29, 1.82) is 0 Å². The van der Waals surface area contributed by atoms with Crippen molar-refractivity contribution in [1.82, 2.24) is 10.6 Å². The normalized spacial score (nSPS) is 10.2. The molecule has 2 aromatic carbocycles. The zero-order valence-electron chi connectivity index (χ0n) is 13.5. The summed E-state index contributed by atoms with van der Waals surface area (Å²) in [5.74, 6) is 0.730. The largest absolute Gasteiger partial charge is 0.355 e. The summed E-state index contributed by atoms with van der Waals surface area (Å²) in [5.41, 5.74) is 0.970. The summed E-state index contributed by atoms with van der Waals surface area (Å²) in [7, 11) is 0. The molecular formula is C19H22N2O2S. The second-order valence-electron chi connectivity index (χ2n) is 5.27. The van der Waals surface area contributed by atoms with Crippen LogP contribution in [0.1, 0.15) is 12.0 Å². The molecule has 0 spiro atoms. The highest BCUT2D eigenvalue weighted by Crippen LogP contribution is 2.15. The molecule has 24 heavy (non-hydrogen) atoms. The van der Waals surface area contributed by atoms with Gasteiger partial charge in [-0.15, -0.1) is 11.8 Å². The molecule has 0 aliphatic heterocycles. The van der Waals surface area contributed by atoms with Crippen molar-refractivity contribution in [3.63, 3.8) is 0 Å². The highest BCUT2D eigenvalue weighted by molar-refractivity contribution is 7.99. The minimum atomic E-state index is -0.0615. The van der Waals surface area contributed by atoms with Crippen LogP contribution in [0.4, 0.5) is 0 Å². The summed E-state index contributed by atoms with van der Waals surface area (Å²) >= 11 is 1.71. The van der Waals surface area contributed by atoms with Gasteiger partial charge in [-0.05, 0) is 17.7 Å². The molecule has 0 bridgehead atoms. The van der Waals surface area contributed by atoms with E-state index in [0.29, 0.717) is 25.9 Å². The second kappa shape index (κ2) is 10.5. The third-order valence-electron chi connectivity index (χ3n) is 3.32. The van der Waals surface area contributed by atoms with Crippen LogP contribution in [-0.2, 0) is 16.0 Å². The lowest BCUT2D eigenvalue weighted by atomic mass is 10.1. The number of hydrogen-bond donors (Lipinski definition) is 2. The summed E-state index contributed by atoms with van der Waals surface area (Å²) in [5, 5.41) is 5.64. The molecular weight excluding hydrogens is 320 g/mol. The Morgan fingerprint density at radius 2 is 1.42 bits per heavy atom. The molecule has 0 atom stereocenters. The highest BCUT2D eigenvalue weighted by Gasteiger charge is 2.05. The van der Waals surface area contributed by atoms with Gasteiger partial charge in [0.2, 0.25) is 11.8 Å². The van der Waals surface area contributed by atoms with Gasteiger partial charge in [0.15, 0.2) is 0 Å². The third kappa shape index (κ3) is 7.33. The number of rotatable bonds is 9. The van der Waals surface area contributed by atoms with Crippen molar-refractivity contribution in [3.8, 4) is 0 Å². The van der Waals surface area contributed by atoms with Crippen LogP contribution in [0, 0.1) is 0 Å². The summed E-state index contributed by atoms with van der Waals surface area (Å²) in [6, 6.07) is 19.6. The van der Waals surface area contributed by atoms with Gasteiger partial charge in [0, 0.05) is 30.2 Å². The van der Waals surface area contributed by atoms with Gasteiger partial charge in [-0.2, -0.15) is 0 Å². The van der Waals surface area contributed by atoms with Crippen LogP contribution in [0.2, 0.25) is 0 Å². The minimum absolute atomic E-state index is 0.0383. The highest BCUT2D eigenvalue weighted by atomic mass is 32.2. The third-order valence-corrected chi connectivity index (χ3v) is 4.33. The van der Waals surface area contributed by atoms with Crippen molar-refractivity contribution >= 4 is 23.6 Å². The van der Waals surface area contributed by atoms with E-state index in [4.69, 9.17) is 0 Å². The summed E-state index contributed by atoms with van der Waals surface area (Å²) in [4.78, 5) is 24.7. The molecule has 2 rings (SSSR count). The standard InChI is InChI=1S/C19H22N2O2S/c22-18(21-13-14-24-17-9-5-2-6-10-17)11-12-20-19(23)15-16-7-3-1-4-8-16/h1-10H,11-15H2,(H,20,23)(H,21,22). The average molecular weight is 342 g/mol. The van der Waals surface area contributed by atoms with Gasteiger partial charge in [0.1, 0.15) is 0 Å². The van der Waals surface area contributed by atoms with Crippen LogP contribution in [0.25, 0.3) is 0 Å². The number of amides is 2. The molecule has 2 aromatic rings. The smallest absolute Gasteiger partial charge is 0.224 e. The first kappa shape index (κ1) is 18.1. The van der Waals surface area contributed by atoms with Crippen LogP contribution >= 0.6 is 11.8 Å². The first-order chi connectivity index (χ1) is 11.7. The van der Waals surface area contributed by atoms with Crippen molar-refractivity contribution < 1.29 is 9.59 Å². The molecule has 0 aliphatic rings. The molecule has 4 nitrogen and oxygen atoms in total. The fraction of sp³-hybridized carbons (Fsp3) is 0.263. The maximum absolute atomic E-state index is 11.8. The molecule has 0 saturated carbocycles. The van der Waals surface area contributed by atoms with Crippen LogP contribution in [0.15, 0.2) is 65.6 Å². The Bertz CT molecular complexity index is 632. The topological polar surface area (TPSA) is 58.2 Å². The number of benzene rings is 2. The maximum atomic E-state index is 11.8. The van der Waals surface area contributed by atoms with E-state index < -0.39 is 0 Å². The molecule has 0 aromatic heterocycles. The first-order valence-electron chi connectivity index (χ1n) is 7.99. The van der Waals surface area contributed by atoms with E-state index >= 15 is 0 Å². The van der Waals surface area contributed by atoms with Crippen LogP contribution < -0.4 is 10.6 Å². The minimum Gasteiger partial charge on any atom is -0.355 e. The maximum Gasteiger partial charge on any atom is 0.224 e. The lowest BCUT2D eigenvalue weighted by Crippen LogP contribution is -2.32. The van der Waals surface area contributed by atoms with Gasteiger partial charge in [0.25, 0.3) is 0 Å². The summed E-state index contributed by atoms with van der Waals surface area (Å²) < 4.78 is 0. The summed E-state index contributed by atoms with van der Waals surface area (Å²) in [6.45, 7) is 0.986. The van der Waals surface area contributed by atoms with Gasteiger partial charge in [-0.3, -0.25) is 9.59 Å². The van der Waals surface area contributed by atoms with Gasteiger partial charge < -0.3 is 10.6 Å². The van der Waals surface area contributed by atoms with Crippen molar-refractivity contribution in [2.75, 3.05) is 18.8 Å². The van der Waals surface area contributed by atoms with E-state index in [2.05, 4.69) is 22.8 Å². The molecule has 126 valence electrons. The number of thioether (sulfide) groups is 1. The zero-order chi connectivity index (χ0) is 17.0. The number of carbonyl (C=O) groups is 2. The Hall–Kier alpha value is -2.27. The lowest BCUT2D eigenvalue weighted by molar-refractivity contribution is -0.121. The zero-order valence-corrected chi connectivity index (χ0v) is 14.4. The SMILES string of the molecule is O=C(CCNC(=O)Cc1ccccc1)NCCSc1ccccc1. The van der Waals surface area contributed by atoms with Crippen LogP contribution in [-0.4, -0.2) is 30.7 Å². The van der Waals surface area contributed by atoms with Gasteiger partial charge in [-0.1, -0.05) is 48.5 Å². The van der Waals surface area contributed by atoms with Gasteiger partial charge >= 0.3 is 0 Å². The van der Waals surface area contributed by atoms with E-state index in [0.717, 1.165) is 11.3 Å². The molecule has 0 saturated heterocycles. The molecule has 0 radical (unpaired) electrons. The van der Waals surface area contributed by atoms with E-state index in [-0.39, 0.29) is 11.8 Å². The Balaban J connectivity index is 1.52. The van der Waals surface area contributed by atoms with E-state index in [1.165, 1.54) is 4.90 Å². The fourth-order valence-corrected chi connectivity index (χ4v) is 2.91. The van der Waals surface area contributed by atoms with Crippen LogP contribution in [0.3, 0.4) is 0 Å². The van der Waals surface area contributed by atoms with E-state index in [1.807, 2.05) is 48.5 Å². The Morgan fingerprint density at radius 1 is 0.792 bits per heavy atom. The second-order valence-corrected chi connectivity index (χ2v) is 6.44. The van der Waals surface area contributed by atoms with Gasteiger partial charge in [0.05, 0.1) is 6.42 Å². The summed E-state index contributed by atoms with van der Waals surface area (Å²) in [6.07, 6.45) is 0.646. The lowest BCUT2D eigenvalue weighted by Gasteiger charge is -2.07. The molecule has 2 N–H and O–H groups in total. The van der Waals surface area contributed by atoms with Crippen molar-refractivity contribution in [3.05, 3.63) is 66.2 Å². The van der Waals surface area contributed by atoms with Crippen molar-refractivity contribution in [2.24, 2.45) is 0 Å². The Kier molecular flexibility index (Phi) is 7.90. The molecule has 0 fully saturated rings. The molecule has 0 aliphatic carbocycles. The van der Waals surface area contributed by atoms with Crippen molar-refractivity contribution in [2.45, 2.75) is 17.7 Å². The predicted octanol–water partition coefficient (Wildman–Crippen LogP) is 2.64. The quantitative estimate of drug-likeness (QED) is 0.544. The molecule has 5 heteroatoms. The van der Waals surface area contributed by atoms with E-state index in [1.54, 1.807) is 11.8 Å². The average Bonchev–Trinajstić information content (AvgIpc) is 2.60. The first-order valence-corrected chi connectivity index (χ1v) is 8.98. The molecule has 2 amide bonds. The fourth-order valence-electron chi connectivity index (χ4n) is 2.12. The monoisotopic (exact) mass is 342 g/mol. The van der Waals surface area contributed by atoms with E-state index in [9.17, 15) is 9.59 Å². The van der Waals surface area contributed by atoms with Crippen LogP contribution in [0.5, 0.6) is 0 Å². The number of nitrogens with one attached hydrogen (secondary N) is 2. The predicted molar refractivity (Wildman–Crippen MR) is 97.9 cm³/mol.